The average Bonchev–Trinajstić information content (AvgIpc) is 2.64. The number of hydrogen-bond acceptors (Lipinski definition) is 6. The Kier molecular flexibility index (Phi) is 2.55. The number of aromatic nitrogens is 5. The highest BCUT2D eigenvalue weighted by Gasteiger charge is 2.08. The Morgan fingerprint density at radius 2 is 2.13 bits per heavy atom. The molecule has 0 saturated carbocycles. The number of nitrogens with zero attached hydrogens (tertiary/aromatic N) is 5. The fraction of sp³-hybridized carbons (Fsp3) is 0.250. The smallest absolute Gasteiger partial charge is 0.224 e. The van der Waals surface area contributed by atoms with Crippen LogP contribution in [0.1, 0.15) is 0 Å². The van der Waals surface area contributed by atoms with Crippen LogP contribution in [0.4, 0.5) is 5.95 Å². The topological polar surface area (TPSA) is 82.5 Å². The summed E-state index contributed by atoms with van der Waals surface area (Å²) in [5.41, 5.74) is 6.27. The van der Waals surface area contributed by atoms with Gasteiger partial charge in [-0.2, -0.15) is 9.97 Å². The Bertz CT molecular complexity index is 480. The van der Waals surface area contributed by atoms with E-state index in [2.05, 4.69) is 19.9 Å². The van der Waals surface area contributed by atoms with E-state index in [1.165, 1.54) is 11.8 Å². The molecule has 2 aromatic rings. The molecule has 0 atom stereocenters. The summed E-state index contributed by atoms with van der Waals surface area (Å²) in [5, 5.41) is 0.600. The van der Waals surface area contributed by atoms with E-state index in [0.717, 1.165) is 0 Å². The summed E-state index contributed by atoms with van der Waals surface area (Å²) in [7, 11) is 1.89. The van der Waals surface area contributed by atoms with Gasteiger partial charge in [-0.05, 0) is 6.26 Å². The van der Waals surface area contributed by atoms with Crippen molar-refractivity contribution in [2.45, 2.75) is 5.16 Å². The van der Waals surface area contributed by atoms with E-state index in [4.69, 9.17) is 5.73 Å². The van der Waals surface area contributed by atoms with Crippen molar-refractivity contribution in [1.82, 2.24) is 24.5 Å². The van der Waals surface area contributed by atoms with Crippen molar-refractivity contribution < 1.29 is 0 Å². The maximum absolute atomic E-state index is 5.57. The van der Waals surface area contributed by atoms with Crippen molar-refractivity contribution in [3.63, 3.8) is 0 Å². The van der Waals surface area contributed by atoms with Crippen LogP contribution in [0.15, 0.2) is 17.7 Å². The quantitative estimate of drug-likeness (QED) is 0.748. The highest BCUT2D eigenvalue weighted by Crippen LogP contribution is 2.16. The lowest BCUT2D eigenvalue weighted by Crippen LogP contribution is -2.01. The molecule has 0 spiro atoms. The number of anilines is 1. The van der Waals surface area contributed by atoms with Gasteiger partial charge in [0.05, 0.1) is 6.33 Å². The van der Waals surface area contributed by atoms with Gasteiger partial charge in [-0.25, -0.2) is 9.97 Å². The van der Waals surface area contributed by atoms with Crippen LogP contribution in [0.25, 0.3) is 11.5 Å². The molecule has 15 heavy (non-hydrogen) atoms. The minimum atomic E-state index is 0.218. The Morgan fingerprint density at radius 3 is 2.73 bits per heavy atom. The molecule has 2 rings (SSSR count). The lowest BCUT2D eigenvalue weighted by atomic mass is 10.4. The number of aryl methyl sites for hydroxylation is 1. The van der Waals surface area contributed by atoms with Gasteiger partial charge in [0.25, 0.3) is 0 Å². The van der Waals surface area contributed by atoms with Crippen LogP contribution in [0.2, 0.25) is 0 Å². The van der Waals surface area contributed by atoms with E-state index in [1.54, 1.807) is 6.33 Å². The van der Waals surface area contributed by atoms with Gasteiger partial charge in [-0.3, -0.25) is 0 Å². The van der Waals surface area contributed by atoms with Gasteiger partial charge < -0.3 is 10.3 Å². The van der Waals surface area contributed by atoms with E-state index in [-0.39, 0.29) is 5.95 Å². The molecular formula is C8H10N6S. The van der Waals surface area contributed by atoms with Crippen LogP contribution in [0, 0.1) is 0 Å². The second-order valence-corrected chi connectivity index (χ2v) is 3.70. The number of nitrogen functional groups attached to an aromatic ring is 1. The Balaban J connectivity index is 2.48. The third-order valence-corrected chi connectivity index (χ3v) is 2.30. The van der Waals surface area contributed by atoms with Gasteiger partial charge >= 0.3 is 0 Å². The fourth-order valence-electron chi connectivity index (χ4n) is 1.11. The predicted octanol–water partition coefficient (Wildman–Crippen LogP) is 0.576. The molecule has 7 heteroatoms. The molecule has 78 valence electrons. The van der Waals surface area contributed by atoms with Gasteiger partial charge in [-0.1, -0.05) is 11.8 Å². The standard InChI is InChI=1S/C8H10N6S/c1-14-3-5(10-4-14)6-11-7(9)13-8(12-6)15-2/h3-4H,1-2H3,(H2,9,11,12,13). The molecule has 0 amide bonds. The zero-order valence-corrected chi connectivity index (χ0v) is 9.19. The van der Waals surface area contributed by atoms with Crippen molar-refractivity contribution in [3.05, 3.63) is 12.5 Å². The highest BCUT2D eigenvalue weighted by molar-refractivity contribution is 7.98. The van der Waals surface area contributed by atoms with Crippen molar-refractivity contribution >= 4 is 17.7 Å². The summed E-state index contributed by atoms with van der Waals surface area (Å²) in [5.74, 6) is 0.724. The molecule has 0 aliphatic carbocycles. The van der Waals surface area contributed by atoms with Crippen molar-refractivity contribution in [1.29, 1.82) is 0 Å². The number of thioether (sulfide) groups is 1. The molecule has 6 nitrogen and oxygen atoms in total. The third-order valence-electron chi connectivity index (χ3n) is 1.75. The molecule has 0 aromatic carbocycles. The molecule has 0 saturated heterocycles. The first-order chi connectivity index (χ1) is 7.19. The van der Waals surface area contributed by atoms with Gasteiger partial charge in [0.15, 0.2) is 11.0 Å². The number of nitrogens with two attached hydrogens (primary N) is 1. The summed E-state index contributed by atoms with van der Waals surface area (Å²) in [6.45, 7) is 0. The monoisotopic (exact) mass is 222 g/mol. The Morgan fingerprint density at radius 1 is 1.33 bits per heavy atom. The maximum atomic E-state index is 5.57. The predicted molar refractivity (Wildman–Crippen MR) is 58.2 cm³/mol. The second kappa shape index (κ2) is 3.85. The molecule has 0 bridgehead atoms. The first-order valence-corrected chi connectivity index (χ1v) is 5.45. The lowest BCUT2D eigenvalue weighted by molar-refractivity contribution is 0.911. The van der Waals surface area contributed by atoms with Crippen molar-refractivity contribution in [2.75, 3.05) is 12.0 Å². The summed E-state index contributed by atoms with van der Waals surface area (Å²) in [6, 6.07) is 0. The Hall–Kier alpha value is -1.63. The van der Waals surface area contributed by atoms with E-state index < -0.39 is 0 Å². The van der Waals surface area contributed by atoms with E-state index in [1.807, 2.05) is 24.1 Å². The van der Waals surface area contributed by atoms with Crippen molar-refractivity contribution in [3.8, 4) is 11.5 Å². The molecule has 2 aromatic heterocycles. The molecule has 0 aliphatic heterocycles. The normalized spacial score (nSPS) is 10.5. The van der Waals surface area contributed by atoms with Crippen molar-refractivity contribution in [2.24, 2.45) is 7.05 Å². The van der Waals surface area contributed by atoms with E-state index in [0.29, 0.717) is 16.7 Å². The molecule has 2 heterocycles. The van der Waals surface area contributed by atoms with Gasteiger partial charge in [-0.15, -0.1) is 0 Å². The van der Waals surface area contributed by atoms with Crippen LogP contribution >= 0.6 is 11.8 Å². The van der Waals surface area contributed by atoms with Gasteiger partial charge in [0, 0.05) is 13.2 Å². The fourth-order valence-corrected chi connectivity index (χ4v) is 1.47. The SMILES string of the molecule is CSc1nc(N)nc(-c2cn(C)cn2)n1. The van der Waals surface area contributed by atoms with Crippen LogP contribution in [0.5, 0.6) is 0 Å². The number of hydrogen-bond donors (Lipinski definition) is 1. The first kappa shape index (κ1) is 9.91. The van der Waals surface area contributed by atoms with Crippen LogP contribution in [0.3, 0.4) is 0 Å². The molecule has 0 aliphatic rings. The van der Waals surface area contributed by atoms with Gasteiger partial charge in [0.2, 0.25) is 5.95 Å². The zero-order chi connectivity index (χ0) is 10.8. The van der Waals surface area contributed by atoms with Crippen LogP contribution in [-0.2, 0) is 7.05 Å². The maximum Gasteiger partial charge on any atom is 0.224 e. The molecule has 0 fully saturated rings. The Labute approximate surface area is 91.0 Å². The molecule has 2 N–H and O–H groups in total. The summed E-state index contributed by atoms with van der Waals surface area (Å²) in [6.07, 6.45) is 5.41. The largest absolute Gasteiger partial charge is 0.368 e. The molecular weight excluding hydrogens is 212 g/mol. The summed E-state index contributed by atoms with van der Waals surface area (Å²) in [4.78, 5) is 16.4. The average molecular weight is 222 g/mol. The van der Waals surface area contributed by atoms with Gasteiger partial charge in [0.1, 0.15) is 5.69 Å². The number of imidazole rings is 1. The third kappa shape index (κ3) is 2.07. The zero-order valence-electron chi connectivity index (χ0n) is 8.38. The van der Waals surface area contributed by atoms with Crippen LogP contribution in [-0.4, -0.2) is 30.8 Å². The van der Waals surface area contributed by atoms with E-state index >= 15 is 0 Å². The first-order valence-electron chi connectivity index (χ1n) is 4.23. The second-order valence-electron chi connectivity index (χ2n) is 2.93. The number of rotatable bonds is 2. The summed E-state index contributed by atoms with van der Waals surface area (Å²) >= 11 is 1.42. The summed E-state index contributed by atoms with van der Waals surface area (Å²) < 4.78 is 1.83. The van der Waals surface area contributed by atoms with Crippen LogP contribution < -0.4 is 5.73 Å². The molecule has 0 unspecified atom stereocenters. The highest BCUT2D eigenvalue weighted by atomic mass is 32.2. The molecule has 0 radical (unpaired) electrons. The minimum absolute atomic E-state index is 0.218. The van der Waals surface area contributed by atoms with E-state index in [9.17, 15) is 0 Å². The minimum Gasteiger partial charge on any atom is -0.368 e. The lowest BCUT2D eigenvalue weighted by Gasteiger charge is -1.99.